The molecule has 1 heterocycles. The van der Waals surface area contributed by atoms with Crippen LogP contribution in [0.3, 0.4) is 0 Å². The van der Waals surface area contributed by atoms with Gasteiger partial charge in [0.15, 0.2) is 0 Å². The van der Waals surface area contributed by atoms with Gasteiger partial charge in [0.2, 0.25) is 5.54 Å². The van der Waals surface area contributed by atoms with Gasteiger partial charge in [-0.05, 0) is 23.3 Å². The van der Waals surface area contributed by atoms with Crippen molar-refractivity contribution >= 4 is 17.8 Å². The molecule has 0 aromatic heterocycles. The Morgan fingerprint density at radius 1 is 0.857 bits per heavy atom. The van der Waals surface area contributed by atoms with Crippen molar-refractivity contribution < 1.29 is 19.1 Å². The number of carbonyl (C=O) groups is 3. The minimum absolute atomic E-state index is 0.0333. The largest absolute Gasteiger partial charge is 0.460 e. The van der Waals surface area contributed by atoms with E-state index in [0.717, 1.165) is 11.1 Å². The number of ether oxygens (including phenoxy) is 1. The third kappa shape index (κ3) is 5.08. The third-order valence-corrected chi connectivity index (χ3v) is 6.19. The fourth-order valence-electron chi connectivity index (χ4n) is 4.44. The molecule has 35 heavy (non-hydrogen) atoms. The lowest BCUT2D eigenvalue weighted by molar-refractivity contribution is -0.171. The van der Waals surface area contributed by atoms with E-state index < -0.39 is 23.3 Å². The maximum absolute atomic E-state index is 14.2. The number of amides is 2. The number of piperazine rings is 1. The van der Waals surface area contributed by atoms with Crippen molar-refractivity contribution in [3.05, 3.63) is 120 Å². The molecule has 0 aliphatic carbocycles. The fourth-order valence-corrected chi connectivity index (χ4v) is 4.44. The first-order chi connectivity index (χ1) is 17.1. The SMILES string of the molecule is C=CCOC(=O)C1(Cc2ccccc2)C(=O)N(C(=O)c2ccccc2)CCN1Cc1ccccc1. The molecule has 1 aliphatic rings. The van der Waals surface area contributed by atoms with Gasteiger partial charge in [-0.25, -0.2) is 4.79 Å². The third-order valence-electron chi connectivity index (χ3n) is 6.19. The normalized spacial score (nSPS) is 18.2. The number of nitrogens with zero attached hydrogens (tertiary/aromatic N) is 2. The minimum atomic E-state index is -1.71. The van der Waals surface area contributed by atoms with Gasteiger partial charge in [-0.1, -0.05) is 91.5 Å². The molecule has 0 N–H and O–H groups in total. The average Bonchev–Trinajstić information content (AvgIpc) is 2.90. The Hall–Kier alpha value is -4.03. The first-order valence-corrected chi connectivity index (χ1v) is 11.6. The summed E-state index contributed by atoms with van der Waals surface area (Å²) in [5, 5.41) is 0. The highest BCUT2D eigenvalue weighted by Crippen LogP contribution is 2.32. The monoisotopic (exact) mass is 468 g/mol. The van der Waals surface area contributed by atoms with Gasteiger partial charge in [-0.2, -0.15) is 0 Å². The van der Waals surface area contributed by atoms with Crippen molar-refractivity contribution in [1.29, 1.82) is 0 Å². The second kappa shape index (κ2) is 10.9. The molecular weight excluding hydrogens is 440 g/mol. The van der Waals surface area contributed by atoms with Crippen LogP contribution in [0.1, 0.15) is 21.5 Å². The van der Waals surface area contributed by atoms with Crippen LogP contribution in [0.2, 0.25) is 0 Å². The topological polar surface area (TPSA) is 66.9 Å². The standard InChI is InChI=1S/C29H28N2O4/c1-2-20-35-28(34)29(21-23-12-6-3-7-13-23)27(33)31(26(32)25-16-10-5-11-17-25)19-18-30(29)22-24-14-8-4-9-15-24/h2-17H,1,18-22H2. The molecule has 2 amide bonds. The van der Waals surface area contributed by atoms with Gasteiger partial charge in [-0.15, -0.1) is 0 Å². The molecule has 1 aliphatic heterocycles. The number of esters is 1. The summed E-state index contributed by atoms with van der Waals surface area (Å²) in [6.45, 7) is 4.46. The molecule has 0 bridgehead atoms. The fraction of sp³-hybridized carbons (Fsp3) is 0.207. The van der Waals surface area contributed by atoms with E-state index >= 15 is 0 Å². The highest BCUT2D eigenvalue weighted by atomic mass is 16.5. The van der Waals surface area contributed by atoms with Crippen LogP contribution in [0.25, 0.3) is 0 Å². The molecule has 0 saturated carbocycles. The lowest BCUT2D eigenvalue weighted by Gasteiger charge is -2.47. The number of benzene rings is 3. The second-order valence-electron chi connectivity index (χ2n) is 8.44. The summed E-state index contributed by atoms with van der Waals surface area (Å²) < 4.78 is 5.52. The zero-order valence-corrected chi connectivity index (χ0v) is 19.5. The van der Waals surface area contributed by atoms with E-state index in [4.69, 9.17) is 4.74 Å². The Morgan fingerprint density at radius 2 is 1.43 bits per heavy atom. The van der Waals surface area contributed by atoms with E-state index in [0.29, 0.717) is 18.7 Å². The first kappa shape index (κ1) is 24.1. The van der Waals surface area contributed by atoms with E-state index in [1.807, 2.05) is 71.6 Å². The minimum Gasteiger partial charge on any atom is -0.460 e. The number of hydrogen-bond acceptors (Lipinski definition) is 5. The van der Waals surface area contributed by atoms with E-state index in [2.05, 4.69) is 6.58 Å². The summed E-state index contributed by atoms with van der Waals surface area (Å²) in [5.74, 6) is -1.69. The van der Waals surface area contributed by atoms with Gasteiger partial charge in [0.05, 0.1) is 0 Å². The van der Waals surface area contributed by atoms with Crippen LogP contribution in [0.4, 0.5) is 0 Å². The van der Waals surface area contributed by atoms with Crippen molar-refractivity contribution in [1.82, 2.24) is 9.80 Å². The molecule has 1 unspecified atom stereocenters. The molecule has 1 atom stereocenters. The number of hydrogen-bond donors (Lipinski definition) is 0. The Labute approximate surface area is 205 Å². The summed E-state index contributed by atoms with van der Waals surface area (Å²) in [6, 6.07) is 27.6. The number of rotatable bonds is 8. The van der Waals surface area contributed by atoms with Crippen LogP contribution in [-0.2, 0) is 27.3 Å². The van der Waals surface area contributed by atoms with Crippen molar-refractivity contribution in [2.24, 2.45) is 0 Å². The second-order valence-corrected chi connectivity index (χ2v) is 8.44. The molecule has 1 saturated heterocycles. The van der Waals surface area contributed by atoms with E-state index in [-0.39, 0.29) is 19.6 Å². The van der Waals surface area contributed by atoms with Gasteiger partial charge in [0.25, 0.3) is 11.8 Å². The van der Waals surface area contributed by atoms with Gasteiger partial charge in [0.1, 0.15) is 6.61 Å². The lowest BCUT2D eigenvalue weighted by atomic mass is 9.84. The summed E-state index contributed by atoms with van der Waals surface area (Å²) in [5.41, 5.74) is 0.439. The van der Waals surface area contributed by atoms with Crippen molar-refractivity contribution in [3.8, 4) is 0 Å². The average molecular weight is 469 g/mol. The van der Waals surface area contributed by atoms with Gasteiger partial charge >= 0.3 is 5.97 Å². The highest BCUT2D eigenvalue weighted by molar-refractivity contribution is 6.16. The highest BCUT2D eigenvalue weighted by Gasteiger charge is 2.57. The van der Waals surface area contributed by atoms with Crippen LogP contribution in [0.5, 0.6) is 0 Å². The zero-order valence-electron chi connectivity index (χ0n) is 19.5. The summed E-state index contributed by atoms with van der Waals surface area (Å²) in [7, 11) is 0. The predicted molar refractivity (Wildman–Crippen MR) is 133 cm³/mol. The molecule has 178 valence electrons. The van der Waals surface area contributed by atoms with Gasteiger partial charge < -0.3 is 4.74 Å². The quantitative estimate of drug-likeness (QED) is 0.217. The van der Waals surface area contributed by atoms with E-state index in [1.165, 1.54) is 11.0 Å². The van der Waals surface area contributed by atoms with Crippen LogP contribution >= 0.6 is 0 Å². The van der Waals surface area contributed by atoms with Crippen LogP contribution in [0, 0.1) is 0 Å². The molecule has 1 fully saturated rings. The van der Waals surface area contributed by atoms with Crippen molar-refractivity contribution in [2.75, 3.05) is 19.7 Å². The smallest absolute Gasteiger partial charge is 0.337 e. The van der Waals surface area contributed by atoms with E-state index in [9.17, 15) is 14.4 Å². The Kier molecular flexibility index (Phi) is 7.53. The summed E-state index contributed by atoms with van der Waals surface area (Å²) in [4.78, 5) is 44.3. The lowest BCUT2D eigenvalue weighted by Crippen LogP contribution is -2.71. The zero-order chi connectivity index (χ0) is 24.7. The molecule has 0 radical (unpaired) electrons. The molecule has 3 aromatic carbocycles. The first-order valence-electron chi connectivity index (χ1n) is 11.6. The maximum atomic E-state index is 14.2. The van der Waals surface area contributed by atoms with Crippen LogP contribution in [-0.4, -0.2) is 52.8 Å². The molecule has 3 aromatic rings. The molecule has 0 spiro atoms. The summed E-state index contributed by atoms with van der Waals surface area (Å²) in [6.07, 6.45) is 1.55. The molecular formula is C29H28N2O4. The van der Waals surface area contributed by atoms with Crippen molar-refractivity contribution in [2.45, 2.75) is 18.5 Å². The molecule has 6 heteroatoms. The summed E-state index contributed by atoms with van der Waals surface area (Å²) >= 11 is 0. The van der Waals surface area contributed by atoms with Crippen molar-refractivity contribution in [3.63, 3.8) is 0 Å². The molecule has 6 nitrogen and oxygen atoms in total. The van der Waals surface area contributed by atoms with Crippen LogP contribution in [0.15, 0.2) is 104 Å². The predicted octanol–water partition coefficient (Wildman–Crippen LogP) is 3.88. The number of imide groups is 1. The molecule has 4 rings (SSSR count). The Bertz CT molecular complexity index is 1180. The maximum Gasteiger partial charge on any atom is 0.337 e. The van der Waals surface area contributed by atoms with Gasteiger partial charge in [0, 0.05) is 31.6 Å². The van der Waals surface area contributed by atoms with Gasteiger partial charge in [-0.3, -0.25) is 19.4 Å². The Balaban J connectivity index is 1.80. The van der Waals surface area contributed by atoms with E-state index in [1.54, 1.807) is 24.3 Å². The number of carbonyl (C=O) groups excluding carboxylic acids is 3. The Morgan fingerprint density at radius 3 is 2.03 bits per heavy atom. The van der Waals surface area contributed by atoms with Crippen LogP contribution < -0.4 is 0 Å².